The molecule has 5 rings (SSSR count). The molecule has 1 N–H and O–H groups in total. The van der Waals surface area contributed by atoms with E-state index in [1.807, 2.05) is 84.9 Å². The number of nitrogens with one attached hydrogen (secondary N) is 1. The lowest BCUT2D eigenvalue weighted by molar-refractivity contribution is 0.943. The molecule has 0 aliphatic heterocycles. The Balaban J connectivity index is 1.72. The second-order valence-electron chi connectivity index (χ2n) is 6.68. The maximum absolute atomic E-state index is 6.52. The van der Waals surface area contributed by atoms with Crippen LogP contribution in [0.3, 0.4) is 0 Å². The van der Waals surface area contributed by atoms with Crippen molar-refractivity contribution in [3.63, 3.8) is 0 Å². The number of benzene rings is 3. The third-order valence-electron chi connectivity index (χ3n) is 4.71. The fourth-order valence-electron chi connectivity index (χ4n) is 3.26. The van der Waals surface area contributed by atoms with Crippen LogP contribution in [0.4, 0.5) is 11.6 Å². The van der Waals surface area contributed by atoms with Crippen LogP contribution in [0.5, 0.6) is 0 Å². The van der Waals surface area contributed by atoms with Gasteiger partial charge in [-0.15, -0.1) is 10.2 Å². The number of anilines is 2. The van der Waals surface area contributed by atoms with Crippen LogP contribution in [0, 0.1) is 0 Å². The van der Waals surface area contributed by atoms with Crippen LogP contribution in [0.1, 0.15) is 0 Å². The van der Waals surface area contributed by atoms with E-state index >= 15 is 0 Å². The van der Waals surface area contributed by atoms with Crippen molar-refractivity contribution >= 4 is 40.5 Å². The van der Waals surface area contributed by atoms with Gasteiger partial charge < -0.3 is 5.32 Å². The van der Waals surface area contributed by atoms with Gasteiger partial charge in [0.25, 0.3) is 0 Å². The first-order valence-corrected chi connectivity index (χ1v) is 10.0. The van der Waals surface area contributed by atoms with Crippen molar-refractivity contribution in [2.45, 2.75) is 0 Å². The molecular weight excluding hydrogens is 417 g/mol. The van der Waals surface area contributed by atoms with E-state index in [0.717, 1.165) is 28.1 Å². The monoisotopic (exact) mass is 431 g/mol. The van der Waals surface area contributed by atoms with Gasteiger partial charge in [0.2, 0.25) is 5.95 Å². The van der Waals surface area contributed by atoms with Crippen molar-refractivity contribution < 1.29 is 0 Å². The summed E-state index contributed by atoms with van der Waals surface area (Å²) >= 11 is 12.6. The van der Waals surface area contributed by atoms with Gasteiger partial charge in [-0.1, -0.05) is 71.7 Å². The lowest BCUT2D eigenvalue weighted by atomic mass is 10.00. The molecule has 0 spiro atoms. The highest BCUT2D eigenvalue weighted by Gasteiger charge is 2.17. The van der Waals surface area contributed by atoms with E-state index < -0.39 is 0 Å². The Labute approximate surface area is 182 Å². The third kappa shape index (κ3) is 3.49. The third-order valence-corrected chi connectivity index (χ3v) is 5.29. The first-order valence-electron chi connectivity index (χ1n) is 9.28. The fourth-order valence-corrected chi connectivity index (χ4v) is 3.61. The number of aromatic nitrogens is 4. The second kappa shape index (κ2) is 7.78. The van der Waals surface area contributed by atoms with E-state index in [9.17, 15) is 0 Å². The number of nitrogens with zero attached hydrogens (tertiary/aromatic N) is 4. The summed E-state index contributed by atoms with van der Waals surface area (Å²) in [6, 6.07) is 27.0. The summed E-state index contributed by atoms with van der Waals surface area (Å²) in [6.45, 7) is 0. The van der Waals surface area contributed by atoms with Gasteiger partial charge in [0.15, 0.2) is 5.65 Å². The molecule has 0 fully saturated rings. The summed E-state index contributed by atoms with van der Waals surface area (Å²) in [4.78, 5) is 0. The van der Waals surface area contributed by atoms with E-state index in [2.05, 4.69) is 15.5 Å². The summed E-state index contributed by atoms with van der Waals surface area (Å²) in [5.41, 5.74) is 4.93. The van der Waals surface area contributed by atoms with Crippen molar-refractivity contribution in [3.8, 4) is 22.4 Å². The number of hydrogen-bond acceptors (Lipinski definition) is 4. The SMILES string of the molecule is Clc1ccc(-c2cc3nnc(Nc4ccccc4)n3nc2-c2ccccc2Cl)cc1. The molecule has 5 nitrogen and oxygen atoms in total. The maximum Gasteiger partial charge on any atom is 0.250 e. The minimum Gasteiger partial charge on any atom is -0.323 e. The Morgan fingerprint density at radius 1 is 0.733 bits per heavy atom. The zero-order chi connectivity index (χ0) is 20.5. The van der Waals surface area contributed by atoms with Crippen LogP contribution < -0.4 is 5.32 Å². The molecule has 0 aliphatic rings. The standard InChI is InChI=1S/C23H15Cl2N5/c24-16-12-10-15(11-13-16)19-14-21-27-28-23(26-17-6-2-1-3-7-17)30(21)29-22(19)18-8-4-5-9-20(18)25/h1-14H,(H,26,28). The van der Waals surface area contributed by atoms with Crippen molar-refractivity contribution in [1.29, 1.82) is 0 Å². The molecule has 0 amide bonds. The predicted octanol–water partition coefficient (Wildman–Crippen LogP) is 6.51. The second-order valence-corrected chi connectivity index (χ2v) is 7.52. The number of fused-ring (bicyclic) bond motifs is 1. The molecule has 30 heavy (non-hydrogen) atoms. The highest BCUT2D eigenvalue weighted by atomic mass is 35.5. The average molecular weight is 432 g/mol. The molecule has 3 aromatic carbocycles. The molecule has 0 aliphatic carbocycles. The van der Waals surface area contributed by atoms with Gasteiger partial charge in [-0.25, -0.2) is 0 Å². The zero-order valence-corrected chi connectivity index (χ0v) is 17.1. The van der Waals surface area contributed by atoms with Crippen LogP contribution in [0.25, 0.3) is 28.0 Å². The van der Waals surface area contributed by atoms with Gasteiger partial charge in [0, 0.05) is 21.8 Å². The van der Waals surface area contributed by atoms with Gasteiger partial charge >= 0.3 is 0 Å². The first-order chi connectivity index (χ1) is 14.7. The molecule has 0 saturated carbocycles. The molecule has 0 saturated heterocycles. The van der Waals surface area contributed by atoms with Crippen LogP contribution in [-0.2, 0) is 0 Å². The quantitative estimate of drug-likeness (QED) is 0.352. The van der Waals surface area contributed by atoms with E-state index in [-0.39, 0.29) is 0 Å². The van der Waals surface area contributed by atoms with Crippen LogP contribution in [0.15, 0.2) is 84.9 Å². The highest BCUT2D eigenvalue weighted by molar-refractivity contribution is 6.33. The molecule has 5 aromatic rings. The van der Waals surface area contributed by atoms with Crippen molar-refractivity contribution in [3.05, 3.63) is 95.0 Å². The number of para-hydroxylation sites is 1. The Bertz CT molecular complexity index is 1330. The van der Waals surface area contributed by atoms with E-state index in [4.69, 9.17) is 28.3 Å². The van der Waals surface area contributed by atoms with E-state index in [0.29, 0.717) is 21.6 Å². The van der Waals surface area contributed by atoms with Gasteiger partial charge in [0.1, 0.15) is 5.69 Å². The number of halogens is 2. The number of hydrogen-bond donors (Lipinski definition) is 1. The molecule has 0 radical (unpaired) electrons. The number of rotatable bonds is 4. The van der Waals surface area contributed by atoms with Crippen LogP contribution in [0.2, 0.25) is 10.0 Å². The van der Waals surface area contributed by atoms with E-state index in [1.54, 1.807) is 4.52 Å². The summed E-state index contributed by atoms with van der Waals surface area (Å²) in [5, 5.41) is 18.0. The minimum atomic E-state index is 0.521. The van der Waals surface area contributed by atoms with Gasteiger partial charge in [-0.2, -0.15) is 9.61 Å². The summed E-state index contributed by atoms with van der Waals surface area (Å²) in [5.74, 6) is 0.521. The Morgan fingerprint density at radius 2 is 1.47 bits per heavy atom. The van der Waals surface area contributed by atoms with Crippen molar-refractivity contribution in [2.75, 3.05) is 5.32 Å². The molecule has 2 aromatic heterocycles. The predicted molar refractivity (Wildman–Crippen MR) is 121 cm³/mol. The molecule has 2 heterocycles. The molecule has 0 bridgehead atoms. The zero-order valence-electron chi connectivity index (χ0n) is 15.6. The molecule has 146 valence electrons. The Kier molecular flexibility index (Phi) is 4.83. The average Bonchev–Trinajstić information content (AvgIpc) is 3.16. The fraction of sp³-hybridized carbons (Fsp3) is 0. The Hall–Kier alpha value is -3.41. The van der Waals surface area contributed by atoms with Crippen LogP contribution >= 0.6 is 23.2 Å². The summed E-state index contributed by atoms with van der Waals surface area (Å²) < 4.78 is 1.69. The van der Waals surface area contributed by atoms with Gasteiger partial charge in [0.05, 0.1) is 5.02 Å². The summed E-state index contributed by atoms with van der Waals surface area (Å²) in [6.07, 6.45) is 0. The molecule has 7 heteroatoms. The van der Waals surface area contributed by atoms with Crippen molar-refractivity contribution in [1.82, 2.24) is 19.8 Å². The lowest BCUT2D eigenvalue weighted by Gasteiger charge is -2.12. The first kappa shape index (κ1) is 18.6. The molecule has 0 unspecified atom stereocenters. The molecular formula is C23H15Cl2N5. The largest absolute Gasteiger partial charge is 0.323 e. The maximum atomic E-state index is 6.52. The van der Waals surface area contributed by atoms with Crippen LogP contribution in [-0.4, -0.2) is 19.8 Å². The lowest BCUT2D eigenvalue weighted by Crippen LogP contribution is -2.03. The van der Waals surface area contributed by atoms with Gasteiger partial charge in [-0.05, 0) is 42.0 Å². The van der Waals surface area contributed by atoms with Crippen molar-refractivity contribution in [2.24, 2.45) is 0 Å². The molecule has 0 atom stereocenters. The topological polar surface area (TPSA) is 55.1 Å². The Morgan fingerprint density at radius 3 is 2.23 bits per heavy atom. The highest BCUT2D eigenvalue weighted by Crippen LogP contribution is 2.35. The normalized spacial score (nSPS) is 11.0. The minimum absolute atomic E-state index is 0.521. The van der Waals surface area contributed by atoms with Gasteiger partial charge in [-0.3, -0.25) is 0 Å². The summed E-state index contributed by atoms with van der Waals surface area (Å²) in [7, 11) is 0. The smallest absolute Gasteiger partial charge is 0.250 e. The van der Waals surface area contributed by atoms with E-state index in [1.165, 1.54) is 0 Å².